The van der Waals surface area contributed by atoms with E-state index in [0.29, 0.717) is 18.5 Å². The van der Waals surface area contributed by atoms with Gasteiger partial charge in [0.1, 0.15) is 0 Å². The second kappa shape index (κ2) is 11.1. The second-order valence-corrected chi connectivity index (χ2v) is 6.05. The molecule has 0 aliphatic heterocycles. The molecule has 0 aromatic heterocycles. The van der Waals surface area contributed by atoms with Gasteiger partial charge in [0.15, 0.2) is 0 Å². The monoisotopic (exact) mass is 284 g/mol. The van der Waals surface area contributed by atoms with E-state index in [1.54, 1.807) is 0 Å². The average molecular weight is 284 g/mol. The minimum Gasteiger partial charge on any atom is -0.396 e. The van der Waals surface area contributed by atoms with E-state index in [4.69, 9.17) is 5.11 Å². The molecule has 1 saturated carbocycles. The van der Waals surface area contributed by atoms with Gasteiger partial charge in [-0.2, -0.15) is 0 Å². The molecule has 1 amide bonds. The first kappa shape index (κ1) is 17.4. The van der Waals surface area contributed by atoms with Gasteiger partial charge in [0.25, 0.3) is 0 Å². The van der Waals surface area contributed by atoms with Gasteiger partial charge >= 0.3 is 0 Å². The summed E-state index contributed by atoms with van der Waals surface area (Å²) in [6.07, 6.45) is 10.4. The summed E-state index contributed by atoms with van der Waals surface area (Å²) < 4.78 is 0. The van der Waals surface area contributed by atoms with Crippen LogP contribution in [0.15, 0.2) is 0 Å². The predicted octanol–water partition coefficient (Wildman–Crippen LogP) is 2.21. The van der Waals surface area contributed by atoms with Crippen LogP contribution in [0.5, 0.6) is 0 Å². The van der Waals surface area contributed by atoms with Crippen LogP contribution >= 0.6 is 0 Å². The van der Waals surface area contributed by atoms with Crippen LogP contribution in [0.25, 0.3) is 0 Å². The van der Waals surface area contributed by atoms with E-state index in [9.17, 15) is 4.79 Å². The number of aliphatic hydroxyl groups excluding tert-OH is 1. The van der Waals surface area contributed by atoms with E-state index in [2.05, 4.69) is 17.6 Å². The normalized spacial score (nSPS) is 18.5. The zero-order valence-electron chi connectivity index (χ0n) is 13.0. The molecule has 0 spiro atoms. The van der Waals surface area contributed by atoms with Gasteiger partial charge < -0.3 is 15.7 Å². The largest absolute Gasteiger partial charge is 0.396 e. The predicted molar refractivity (Wildman–Crippen MR) is 82.6 cm³/mol. The Bertz CT molecular complexity index is 245. The van der Waals surface area contributed by atoms with E-state index >= 15 is 0 Å². The van der Waals surface area contributed by atoms with E-state index in [0.717, 1.165) is 38.6 Å². The Kier molecular flexibility index (Phi) is 9.67. The molecule has 4 nitrogen and oxygen atoms in total. The lowest BCUT2D eigenvalue weighted by Crippen LogP contribution is -2.41. The van der Waals surface area contributed by atoms with Crippen molar-refractivity contribution in [2.45, 2.75) is 70.8 Å². The second-order valence-electron chi connectivity index (χ2n) is 6.05. The van der Waals surface area contributed by atoms with Crippen molar-refractivity contribution in [3.05, 3.63) is 0 Å². The molecule has 0 saturated heterocycles. The topological polar surface area (TPSA) is 61.4 Å². The van der Waals surface area contributed by atoms with Crippen molar-refractivity contribution in [1.82, 2.24) is 10.6 Å². The highest BCUT2D eigenvalue weighted by Gasteiger charge is 2.14. The minimum atomic E-state index is 0.121. The number of amides is 1. The number of carbonyl (C=O) groups excluding carboxylic acids is 1. The van der Waals surface area contributed by atoms with Crippen molar-refractivity contribution in [2.24, 2.45) is 5.92 Å². The van der Waals surface area contributed by atoms with Crippen LogP contribution in [0, 0.1) is 5.92 Å². The molecule has 0 aromatic carbocycles. The third-order valence-electron chi connectivity index (χ3n) is 4.17. The highest BCUT2D eigenvalue weighted by Crippen LogP contribution is 2.17. The fraction of sp³-hybridized carbons (Fsp3) is 0.938. The van der Waals surface area contributed by atoms with Gasteiger partial charge in [-0.25, -0.2) is 0 Å². The fourth-order valence-corrected chi connectivity index (χ4v) is 3.03. The molecule has 3 N–H and O–H groups in total. The SMILES string of the molecule is CCCC(CCO)CNCC(=O)NC1CCCCCC1. The number of hydrogen-bond donors (Lipinski definition) is 3. The molecule has 1 fully saturated rings. The number of nitrogens with one attached hydrogen (secondary N) is 2. The van der Waals surface area contributed by atoms with Crippen molar-refractivity contribution in [1.29, 1.82) is 0 Å². The number of carbonyl (C=O) groups is 1. The summed E-state index contributed by atoms with van der Waals surface area (Å²) in [7, 11) is 0. The quantitative estimate of drug-likeness (QED) is 0.569. The Morgan fingerprint density at radius 1 is 1.20 bits per heavy atom. The van der Waals surface area contributed by atoms with Crippen LogP contribution in [-0.4, -0.2) is 36.8 Å². The zero-order valence-corrected chi connectivity index (χ0v) is 13.0. The summed E-state index contributed by atoms with van der Waals surface area (Å²) in [4.78, 5) is 11.9. The summed E-state index contributed by atoms with van der Waals surface area (Å²) in [5.41, 5.74) is 0. The van der Waals surface area contributed by atoms with Crippen LogP contribution in [-0.2, 0) is 4.79 Å². The molecule has 118 valence electrons. The van der Waals surface area contributed by atoms with Gasteiger partial charge in [-0.15, -0.1) is 0 Å². The summed E-state index contributed by atoms with van der Waals surface area (Å²) >= 11 is 0. The van der Waals surface area contributed by atoms with Crippen molar-refractivity contribution >= 4 is 5.91 Å². The molecule has 4 heteroatoms. The molecule has 1 unspecified atom stereocenters. The van der Waals surface area contributed by atoms with Crippen LogP contribution in [0.2, 0.25) is 0 Å². The first-order valence-corrected chi connectivity index (χ1v) is 8.37. The average Bonchev–Trinajstić information content (AvgIpc) is 2.68. The van der Waals surface area contributed by atoms with E-state index in [1.165, 1.54) is 25.7 Å². The maximum atomic E-state index is 11.9. The summed E-state index contributed by atoms with van der Waals surface area (Å²) in [5.74, 6) is 0.604. The van der Waals surface area contributed by atoms with Gasteiger partial charge in [-0.1, -0.05) is 39.0 Å². The van der Waals surface area contributed by atoms with Crippen LogP contribution in [0.4, 0.5) is 0 Å². The van der Waals surface area contributed by atoms with Gasteiger partial charge in [-0.05, 0) is 38.1 Å². The molecule has 0 aromatic rings. The highest BCUT2D eigenvalue weighted by atomic mass is 16.3. The Morgan fingerprint density at radius 3 is 2.50 bits per heavy atom. The first-order valence-electron chi connectivity index (χ1n) is 8.37. The van der Waals surface area contributed by atoms with Gasteiger partial charge in [0, 0.05) is 12.6 Å². The van der Waals surface area contributed by atoms with Crippen LogP contribution in [0.1, 0.15) is 64.7 Å². The maximum absolute atomic E-state index is 11.9. The lowest BCUT2D eigenvalue weighted by atomic mass is 10.0. The van der Waals surface area contributed by atoms with Crippen molar-refractivity contribution < 1.29 is 9.90 Å². The molecule has 20 heavy (non-hydrogen) atoms. The van der Waals surface area contributed by atoms with Gasteiger partial charge in [0.05, 0.1) is 6.54 Å². The zero-order chi connectivity index (χ0) is 14.6. The molecular weight excluding hydrogens is 252 g/mol. The highest BCUT2D eigenvalue weighted by molar-refractivity contribution is 5.78. The van der Waals surface area contributed by atoms with Crippen LogP contribution in [0.3, 0.4) is 0 Å². The van der Waals surface area contributed by atoms with E-state index in [-0.39, 0.29) is 12.5 Å². The third kappa shape index (κ3) is 7.85. The van der Waals surface area contributed by atoms with Crippen molar-refractivity contribution in [2.75, 3.05) is 19.7 Å². The molecule has 0 radical (unpaired) electrons. The molecular formula is C16H32N2O2. The first-order chi connectivity index (χ1) is 9.76. The lowest BCUT2D eigenvalue weighted by Gasteiger charge is -2.18. The molecule has 1 aliphatic carbocycles. The molecule has 1 rings (SSSR count). The van der Waals surface area contributed by atoms with Crippen molar-refractivity contribution in [3.8, 4) is 0 Å². The summed E-state index contributed by atoms with van der Waals surface area (Å²) in [6.45, 7) is 3.62. The smallest absolute Gasteiger partial charge is 0.234 e. The van der Waals surface area contributed by atoms with Crippen molar-refractivity contribution in [3.63, 3.8) is 0 Å². The number of hydrogen-bond acceptors (Lipinski definition) is 3. The maximum Gasteiger partial charge on any atom is 0.234 e. The molecule has 1 atom stereocenters. The van der Waals surface area contributed by atoms with E-state index in [1.807, 2.05) is 0 Å². The third-order valence-corrected chi connectivity index (χ3v) is 4.17. The Hall–Kier alpha value is -0.610. The van der Waals surface area contributed by atoms with Gasteiger partial charge in [0.2, 0.25) is 5.91 Å². The minimum absolute atomic E-state index is 0.121. The fourth-order valence-electron chi connectivity index (χ4n) is 3.03. The Labute approximate surface area is 123 Å². The van der Waals surface area contributed by atoms with Gasteiger partial charge in [-0.3, -0.25) is 4.79 Å². The summed E-state index contributed by atoms with van der Waals surface area (Å²) in [6, 6.07) is 0.385. The van der Waals surface area contributed by atoms with Crippen LogP contribution < -0.4 is 10.6 Å². The Balaban J connectivity index is 2.14. The lowest BCUT2D eigenvalue weighted by molar-refractivity contribution is -0.121. The summed E-state index contributed by atoms with van der Waals surface area (Å²) in [5, 5.41) is 15.4. The standard InChI is InChI=1S/C16H32N2O2/c1-2-7-14(10-11-19)12-17-13-16(20)18-15-8-5-3-4-6-9-15/h14-15,17,19H,2-13H2,1H3,(H,18,20). The molecule has 0 heterocycles. The number of rotatable bonds is 9. The number of aliphatic hydroxyl groups is 1. The van der Waals surface area contributed by atoms with E-state index < -0.39 is 0 Å². The molecule has 1 aliphatic rings. The Morgan fingerprint density at radius 2 is 1.90 bits per heavy atom. The molecule has 0 bridgehead atoms.